The highest BCUT2D eigenvalue weighted by atomic mass is 16.6. The lowest BCUT2D eigenvalue weighted by molar-refractivity contribution is -0.121. The molecule has 180 valence electrons. The van der Waals surface area contributed by atoms with Crippen molar-refractivity contribution >= 4 is 28.6 Å². The first-order valence-corrected chi connectivity index (χ1v) is 11.7. The molecule has 1 aliphatic carbocycles. The Bertz CT molecular complexity index is 1190. The quantitative estimate of drug-likeness (QED) is 0.543. The van der Waals surface area contributed by atoms with Gasteiger partial charge in [0, 0.05) is 43.1 Å². The molecule has 0 aliphatic heterocycles. The minimum Gasteiger partial charge on any atom is -0.444 e. The zero-order valence-corrected chi connectivity index (χ0v) is 20.4. The number of anilines is 1. The van der Waals surface area contributed by atoms with E-state index in [0.717, 1.165) is 29.2 Å². The smallest absolute Gasteiger partial charge is 0.410 e. The number of aryl methyl sites for hydroxylation is 1. The van der Waals surface area contributed by atoms with E-state index in [4.69, 9.17) is 9.15 Å². The number of fused-ring (bicyclic) bond motifs is 1. The van der Waals surface area contributed by atoms with Crippen LogP contribution >= 0.6 is 0 Å². The van der Waals surface area contributed by atoms with Crippen molar-refractivity contribution in [3.05, 3.63) is 42.5 Å². The molecule has 1 aromatic carbocycles. The molecule has 3 aromatic rings. The van der Waals surface area contributed by atoms with Gasteiger partial charge in [-0.2, -0.15) is 0 Å². The Morgan fingerprint density at radius 3 is 2.44 bits per heavy atom. The van der Waals surface area contributed by atoms with Gasteiger partial charge in [-0.3, -0.25) is 4.79 Å². The van der Waals surface area contributed by atoms with Gasteiger partial charge in [-0.1, -0.05) is 12.1 Å². The van der Waals surface area contributed by atoms with Gasteiger partial charge in [0.2, 0.25) is 5.91 Å². The predicted molar refractivity (Wildman–Crippen MR) is 130 cm³/mol. The lowest BCUT2D eigenvalue weighted by atomic mass is 9.85. The standard InChI is InChI=1S/C26H32N4O4/c1-16-27-15-22(33-16)18-6-7-19-14-28-23(13-20(19)12-18)29-24(31)17-8-10-21(11-9-17)30(5)25(32)34-26(2,3)4/h6-7,12-15,17,21H,8-11H2,1-5H3,(H,28,29,31)/t17-,21-. The Morgan fingerprint density at radius 2 is 1.79 bits per heavy atom. The van der Waals surface area contributed by atoms with Gasteiger partial charge < -0.3 is 19.4 Å². The third-order valence-electron chi connectivity index (χ3n) is 6.18. The van der Waals surface area contributed by atoms with Crippen molar-refractivity contribution in [1.82, 2.24) is 14.9 Å². The van der Waals surface area contributed by atoms with Gasteiger partial charge in [0.25, 0.3) is 0 Å². The van der Waals surface area contributed by atoms with Gasteiger partial charge in [0.15, 0.2) is 11.7 Å². The summed E-state index contributed by atoms with van der Waals surface area (Å²) in [4.78, 5) is 35.5. The molecule has 0 unspecified atom stereocenters. The van der Waals surface area contributed by atoms with Crippen molar-refractivity contribution in [2.45, 2.75) is 65.0 Å². The maximum atomic E-state index is 12.9. The van der Waals surface area contributed by atoms with Crippen molar-refractivity contribution in [2.24, 2.45) is 5.92 Å². The number of carbonyl (C=O) groups is 2. The highest BCUT2D eigenvalue weighted by Crippen LogP contribution is 2.30. The van der Waals surface area contributed by atoms with Crippen molar-refractivity contribution in [2.75, 3.05) is 12.4 Å². The van der Waals surface area contributed by atoms with Gasteiger partial charge in [0.1, 0.15) is 11.4 Å². The number of pyridine rings is 1. The molecule has 2 aromatic heterocycles. The third kappa shape index (κ3) is 5.55. The van der Waals surface area contributed by atoms with E-state index in [1.165, 1.54) is 0 Å². The van der Waals surface area contributed by atoms with E-state index in [-0.39, 0.29) is 24.0 Å². The monoisotopic (exact) mass is 464 g/mol. The Labute approximate surface area is 199 Å². The Hall–Kier alpha value is -3.42. The SMILES string of the molecule is Cc1ncc(-c2ccc3cnc(NC(=O)[C@H]4CC[C@H](N(C)C(=O)OC(C)(C)C)CC4)cc3c2)o1. The molecule has 1 fully saturated rings. The fourth-order valence-electron chi connectivity index (χ4n) is 4.29. The summed E-state index contributed by atoms with van der Waals surface area (Å²) in [6.45, 7) is 7.38. The maximum Gasteiger partial charge on any atom is 0.410 e. The summed E-state index contributed by atoms with van der Waals surface area (Å²) >= 11 is 0. The number of oxazole rings is 1. The molecule has 8 heteroatoms. The highest BCUT2D eigenvalue weighted by molar-refractivity contribution is 5.95. The van der Waals surface area contributed by atoms with E-state index in [1.54, 1.807) is 24.3 Å². The molecule has 0 saturated heterocycles. The average Bonchev–Trinajstić information content (AvgIpc) is 3.23. The Balaban J connectivity index is 1.37. The minimum absolute atomic E-state index is 0.0350. The van der Waals surface area contributed by atoms with E-state index in [9.17, 15) is 9.59 Å². The van der Waals surface area contributed by atoms with Gasteiger partial charge >= 0.3 is 6.09 Å². The lowest BCUT2D eigenvalue weighted by Crippen LogP contribution is -2.43. The van der Waals surface area contributed by atoms with Crippen LogP contribution < -0.4 is 5.32 Å². The number of rotatable bonds is 4. The molecular weight excluding hydrogens is 432 g/mol. The fourth-order valence-corrected chi connectivity index (χ4v) is 4.29. The summed E-state index contributed by atoms with van der Waals surface area (Å²) in [6.07, 6.45) is 6.10. The summed E-state index contributed by atoms with van der Waals surface area (Å²) in [7, 11) is 1.77. The van der Waals surface area contributed by atoms with E-state index in [1.807, 2.05) is 52.0 Å². The maximum absolute atomic E-state index is 12.9. The number of hydrogen-bond acceptors (Lipinski definition) is 6. The van der Waals surface area contributed by atoms with Crippen molar-refractivity contribution in [3.8, 4) is 11.3 Å². The van der Waals surface area contributed by atoms with Crippen LogP contribution in [0.1, 0.15) is 52.3 Å². The molecule has 8 nitrogen and oxygen atoms in total. The number of hydrogen-bond donors (Lipinski definition) is 1. The van der Waals surface area contributed by atoms with Crippen LogP contribution in [0.4, 0.5) is 10.6 Å². The molecule has 1 saturated carbocycles. The molecule has 1 aliphatic rings. The largest absolute Gasteiger partial charge is 0.444 e. The molecule has 0 radical (unpaired) electrons. The van der Waals surface area contributed by atoms with Crippen LogP contribution in [-0.4, -0.2) is 45.6 Å². The second-order valence-electron chi connectivity index (χ2n) is 9.96. The number of nitrogens with zero attached hydrogens (tertiary/aromatic N) is 3. The number of nitrogens with one attached hydrogen (secondary N) is 1. The number of carbonyl (C=O) groups excluding carboxylic acids is 2. The van der Waals surface area contributed by atoms with Crippen molar-refractivity contribution < 1.29 is 18.7 Å². The summed E-state index contributed by atoms with van der Waals surface area (Å²) in [5.74, 6) is 1.70. The van der Waals surface area contributed by atoms with Gasteiger partial charge in [-0.15, -0.1) is 0 Å². The normalized spacial score (nSPS) is 18.5. The molecule has 34 heavy (non-hydrogen) atoms. The Morgan fingerprint density at radius 1 is 1.06 bits per heavy atom. The van der Waals surface area contributed by atoms with Gasteiger partial charge in [-0.25, -0.2) is 14.8 Å². The number of benzene rings is 1. The lowest BCUT2D eigenvalue weighted by Gasteiger charge is -2.35. The van der Waals surface area contributed by atoms with E-state index in [0.29, 0.717) is 30.3 Å². The third-order valence-corrected chi connectivity index (χ3v) is 6.18. The first kappa shape index (κ1) is 23.7. The number of amides is 2. The van der Waals surface area contributed by atoms with Crippen LogP contribution in [0.15, 0.2) is 41.1 Å². The second kappa shape index (κ2) is 9.44. The molecule has 1 N–H and O–H groups in total. The molecular formula is C26H32N4O4. The first-order chi connectivity index (χ1) is 16.1. The van der Waals surface area contributed by atoms with Crippen LogP contribution in [0, 0.1) is 12.8 Å². The fraction of sp³-hybridized carbons (Fsp3) is 0.462. The second-order valence-corrected chi connectivity index (χ2v) is 9.96. The molecule has 4 rings (SSSR count). The van der Waals surface area contributed by atoms with E-state index >= 15 is 0 Å². The topological polar surface area (TPSA) is 97.6 Å². The summed E-state index contributed by atoms with van der Waals surface area (Å²) in [5.41, 5.74) is 0.396. The summed E-state index contributed by atoms with van der Waals surface area (Å²) in [6, 6.07) is 7.90. The molecule has 2 amide bonds. The van der Waals surface area contributed by atoms with E-state index in [2.05, 4.69) is 15.3 Å². The Kier molecular flexibility index (Phi) is 6.59. The van der Waals surface area contributed by atoms with Crippen LogP contribution in [-0.2, 0) is 9.53 Å². The van der Waals surface area contributed by atoms with Gasteiger partial charge in [-0.05, 0) is 64.0 Å². The zero-order chi connectivity index (χ0) is 24.5. The van der Waals surface area contributed by atoms with Crippen LogP contribution in [0.3, 0.4) is 0 Å². The number of ether oxygens (including phenoxy) is 1. The van der Waals surface area contributed by atoms with Crippen molar-refractivity contribution in [1.29, 1.82) is 0 Å². The number of aromatic nitrogens is 2. The molecule has 0 spiro atoms. The molecule has 0 atom stereocenters. The first-order valence-electron chi connectivity index (χ1n) is 11.7. The molecule has 0 bridgehead atoms. The summed E-state index contributed by atoms with van der Waals surface area (Å²) < 4.78 is 11.1. The van der Waals surface area contributed by atoms with Crippen molar-refractivity contribution in [3.63, 3.8) is 0 Å². The average molecular weight is 465 g/mol. The predicted octanol–water partition coefficient (Wildman–Crippen LogP) is 5.56. The van der Waals surface area contributed by atoms with Crippen LogP contribution in [0.2, 0.25) is 0 Å². The van der Waals surface area contributed by atoms with Crippen LogP contribution in [0.5, 0.6) is 0 Å². The minimum atomic E-state index is -0.524. The van der Waals surface area contributed by atoms with Crippen LogP contribution in [0.25, 0.3) is 22.1 Å². The molecule has 2 heterocycles. The highest BCUT2D eigenvalue weighted by Gasteiger charge is 2.32. The van der Waals surface area contributed by atoms with Gasteiger partial charge in [0.05, 0.1) is 6.20 Å². The summed E-state index contributed by atoms with van der Waals surface area (Å²) in [5, 5.41) is 4.91. The van der Waals surface area contributed by atoms with E-state index < -0.39 is 5.60 Å². The zero-order valence-electron chi connectivity index (χ0n) is 20.4.